The van der Waals surface area contributed by atoms with Crippen molar-refractivity contribution in [1.29, 1.82) is 0 Å². The van der Waals surface area contributed by atoms with Gasteiger partial charge in [0, 0.05) is 6.54 Å². The van der Waals surface area contributed by atoms with Crippen molar-refractivity contribution in [2.24, 2.45) is 0 Å². The van der Waals surface area contributed by atoms with Crippen LogP contribution in [-0.4, -0.2) is 66.5 Å². The molecule has 1 aromatic carbocycles. The van der Waals surface area contributed by atoms with Crippen LogP contribution >= 0.6 is 0 Å². The summed E-state index contributed by atoms with van der Waals surface area (Å²) in [5.74, 6) is 0.473. The van der Waals surface area contributed by atoms with Gasteiger partial charge in [-0.25, -0.2) is 4.98 Å². The first-order chi connectivity index (χ1) is 13.5. The molecule has 3 heterocycles. The lowest BCUT2D eigenvalue weighted by molar-refractivity contribution is -0.129. The minimum absolute atomic E-state index is 0.0726. The standard InChI is InChI=1S/C18H21N5O5/c1-9-3-2-4-10(5-9)6-19-15-12-16(21-8-20-12)23-18(22-15)28-14-13(25)11(7-24)27-17(14)26/h2-5,8,11,13-14,17,24-26H,6-7H2,1H3,(H2,19,20,21,22,23)/t11-,13-,14+,17-/m1/s1. The van der Waals surface area contributed by atoms with Crippen molar-refractivity contribution in [2.45, 2.75) is 38.1 Å². The molecule has 0 saturated carbocycles. The van der Waals surface area contributed by atoms with Crippen LogP contribution in [0.3, 0.4) is 0 Å². The number of aromatic nitrogens is 4. The molecule has 10 nitrogen and oxygen atoms in total. The van der Waals surface area contributed by atoms with Gasteiger partial charge in [-0.1, -0.05) is 29.8 Å². The third kappa shape index (κ3) is 3.62. The van der Waals surface area contributed by atoms with Gasteiger partial charge in [0.1, 0.15) is 17.7 Å². The number of nitrogens with zero attached hydrogens (tertiary/aromatic N) is 3. The van der Waals surface area contributed by atoms with Gasteiger partial charge in [-0.05, 0) is 12.5 Å². The number of hydrogen-bond donors (Lipinski definition) is 5. The van der Waals surface area contributed by atoms with Gasteiger partial charge in [-0.2, -0.15) is 9.97 Å². The van der Waals surface area contributed by atoms with E-state index in [0.29, 0.717) is 23.5 Å². The Morgan fingerprint density at radius 1 is 1.29 bits per heavy atom. The van der Waals surface area contributed by atoms with E-state index in [1.807, 2.05) is 25.1 Å². The maximum absolute atomic E-state index is 10.1. The molecule has 5 N–H and O–H groups in total. The van der Waals surface area contributed by atoms with Crippen LogP contribution in [0.25, 0.3) is 11.2 Å². The van der Waals surface area contributed by atoms with E-state index < -0.39 is 31.2 Å². The Kier molecular flexibility index (Phi) is 5.09. The highest BCUT2D eigenvalue weighted by Gasteiger charge is 2.45. The summed E-state index contributed by atoms with van der Waals surface area (Å²) in [5, 5.41) is 32.5. The van der Waals surface area contributed by atoms with Crippen LogP contribution in [0.4, 0.5) is 5.82 Å². The number of rotatable bonds is 6. The third-order valence-corrected chi connectivity index (χ3v) is 4.54. The van der Waals surface area contributed by atoms with Crippen molar-refractivity contribution in [1.82, 2.24) is 19.9 Å². The van der Waals surface area contributed by atoms with Gasteiger partial charge in [0.25, 0.3) is 0 Å². The molecule has 1 fully saturated rings. The van der Waals surface area contributed by atoms with E-state index in [4.69, 9.17) is 9.47 Å². The number of anilines is 1. The Morgan fingerprint density at radius 3 is 2.89 bits per heavy atom. The van der Waals surface area contributed by atoms with E-state index in [2.05, 4.69) is 31.3 Å². The molecule has 0 aliphatic carbocycles. The molecule has 0 radical (unpaired) electrons. The average Bonchev–Trinajstić information content (AvgIpc) is 3.26. The fourth-order valence-corrected chi connectivity index (χ4v) is 3.12. The Hall–Kier alpha value is -2.79. The molecule has 1 aliphatic heterocycles. The summed E-state index contributed by atoms with van der Waals surface area (Å²) in [6.07, 6.45) is -3.20. The number of aromatic amines is 1. The molecule has 4 atom stereocenters. The zero-order valence-corrected chi connectivity index (χ0v) is 15.1. The second-order valence-electron chi connectivity index (χ2n) is 6.62. The van der Waals surface area contributed by atoms with Crippen molar-refractivity contribution in [3.8, 4) is 6.01 Å². The summed E-state index contributed by atoms with van der Waals surface area (Å²) in [6, 6.07) is 7.99. The average molecular weight is 387 g/mol. The highest BCUT2D eigenvalue weighted by Crippen LogP contribution is 2.26. The first-order valence-electron chi connectivity index (χ1n) is 8.85. The molecule has 3 aromatic rings. The van der Waals surface area contributed by atoms with Crippen molar-refractivity contribution in [3.63, 3.8) is 0 Å². The molecule has 0 spiro atoms. The first-order valence-corrected chi connectivity index (χ1v) is 8.85. The van der Waals surface area contributed by atoms with Gasteiger partial charge in [-0.3, -0.25) is 0 Å². The summed E-state index contributed by atoms with van der Waals surface area (Å²) >= 11 is 0. The van der Waals surface area contributed by atoms with Crippen LogP contribution < -0.4 is 10.1 Å². The number of nitrogens with one attached hydrogen (secondary N) is 2. The van der Waals surface area contributed by atoms with E-state index in [1.54, 1.807) is 0 Å². The molecule has 0 bridgehead atoms. The lowest BCUT2D eigenvalue weighted by Crippen LogP contribution is -2.39. The van der Waals surface area contributed by atoms with Gasteiger partial charge < -0.3 is 35.1 Å². The predicted molar refractivity (Wildman–Crippen MR) is 98.6 cm³/mol. The lowest BCUT2D eigenvalue weighted by Gasteiger charge is -2.18. The van der Waals surface area contributed by atoms with E-state index in [1.165, 1.54) is 6.33 Å². The maximum Gasteiger partial charge on any atom is 0.321 e. The SMILES string of the molecule is Cc1cccc(CNc2nc(O[C@H]3[C@H](O)[C@@H](CO)O[C@H]3O)nc3nc[nH]c23)c1. The Morgan fingerprint density at radius 2 is 2.14 bits per heavy atom. The predicted octanol–water partition coefficient (Wildman–Crippen LogP) is 0.0912. The minimum atomic E-state index is -1.41. The number of imidazole rings is 1. The number of H-pyrrole nitrogens is 1. The van der Waals surface area contributed by atoms with Crippen molar-refractivity contribution >= 4 is 17.0 Å². The quantitative estimate of drug-likeness (QED) is 0.397. The van der Waals surface area contributed by atoms with E-state index in [9.17, 15) is 15.3 Å². The topological polar surface area (TPSA) is 146 Å². The summed E-state index contributed by atoms with van der Waals surface area (Å²) in [6.45, 7) is 2.10. The fourth-order valence-electron chi connectivity index (χ4n) is 3.12. The van der Waals surface area contributed by atoms with Gasteiger partial charge in [0.15, 0.2) is 23.9 Å². The smallest absolute Gasteiger partial charge is 0.321 e. The second-order valence-corrected chi connectivity index (χ2v) is 6.62. The highest BCUT2D eigenvalue weighted by molar-refractivity contribution is 5.82. The zero-order chi connectivity index (χ0) is 19.7. The number of fused-ring (bicyclic) bond motifs is 1. The summed E-state index contributed by atoms with van der Waals surface area (Å²) in [4.78, 5) is 15.6. The molecule has 2 aromatic heterocycles. The summed E-state index contributed by atoms with van der Waals surface area (Å²) in [5.41, 5.74) is 3.21. The molecule has 0 unspecified atom stereocenters. The number of ether oxygens (including phenoxy) is 2. The molecule has 28 heavy (non-hydrogen) atoms. The Bertz CT molecular complexity index is 964. The number of aryl methyl sites for hydroxylation is 1. The fraction of sp³-hybridized carbons (Fsp3) is 0.389. The Balaban J connectivity index is 1.57. The molecule has 1 saturated heterocycles. The largest absolute Gasteiger partial charge is 0.452 e. The van der Waals surface area contributed by atoms with Crippen LogP contribution in [0.15, 0.2) is 30.6 Å². The second kappa shape index (κ2) is 7.68. The molecule has 10 heteroatoms. The van der Waals surface area contributed by atoms with Gasteiger partial charge in [0.2, 0.25) is 0 Å². The van der Waals surface area contributed by atoms with Crippen LogP contribution in [0.1, 0.15) is 11.1 Å². The number of benzene rings is 1. The van der Waals surface area contributed by atoms with E-state index in [0.717, 1.165) is 11.1 Å². The van der Waals surface area contributed by atoms with Gasteiger partial charge in [0.05, 0.1) is 12.9 Å². The molecule has 4 rings (SSSR count). The monoisotopic (exact) mass is 387 g/mol. The lowest BCUT2D eigenvalue weighted by atomic mass is 10.1. The molecule has 148 valence electrons. The van der Waals surface area contributed by atoms with E-state index in [-0.39, 0.29) is 6.01 Å². The minimum Gasteiger partial charge on any atom is -0.452 e. The normalized spacial score (nSPS) is 24.6. The highest BCUT2D eigenvalue weighted by atomic mass is 16.7. The van der Waals surface area contributed by atoms with Crippen molar-refractivity contribution < 1.29 is 24.8 Å². The molecular weight excluding hydrogens is 366 g/mol. The molecule has 1 aliphatic rings. The maximum atomic E-state index is 10.1. The number of hydrogen-bond acceptors (Lipinski definition) is 9. The van der Waals surface area contributed by atoms with Crippen LogP contribution in [0.2, 0.25) is 0 Å². The van der Waals surface area contributed by atoms with E-state index >= 15 is 0 Å². The zero-order valence-electron chi connectivity index (χ0n) is 15.1. The summed E-state index contributed by atoms with van der Waals surface area (Å²) in [7, 11) is 0. The number of aliphatic hydroxyl groups is 3. The molecule has 0 amide bonds. The van der Waals surface area contributed by atoms with Crippen LogP contribution in [-0.2, 0) is 11.3 Å². The third-order valence-electron chi connectivity index (χ3n) is 4.54. The van der Waals surface area contributed by atoms with Gasteiger partial charge in [-0.15, -0.1) is 0 Å². The number of aliphatic hydroxyl groups excluding tert-OH is 3. The Labute approximate surface area is 160 Å². The molecular formula is C18H21N5O5. The first kappa shape index (κ1) is 18.6. The van der Waals surface area contributed by atoms with Crippen LogP contribution in [0.5, 0.6) is 6.01 Å². The van der Waals surface area contributed by atoms with Crippen molar-refractivity contribution in [2.75, 3.05) is 11.9 Å². The van der Waals surface area contributed by atoms with Gasteiger partial charge >= 0.3 is 6.01 Å². The van der Waals surface area contributed by atoms with Crippen LogP contribution in [0, 0.1) is 6.92 Å². The van der Waals surface area contributed by atoms with Crippen molar-refractivity contribution in [3.05, 3.63) is 41.7 Å². The summed E-state index contributed by atoms with van der Waals surface area (Å²) < 4.78 is 10.6.